The molecule has 0 bridgehead atoms. The van der Waals surface area contributed by atoms with Crippen molar-refractivity contribution in [2.45, 2.75) is 26.8 Å². The molecule has 1 amide bonds. The minimum atomic E-state index is -0.628. The lowest BCUT2D eigenvalue weighted by atomic mass is 10.2. The Morgan fingerprint density at radius 1 is 1.22 bits per heavy atom. The number of rotatable bonds is 6. The molecule has 0 aliphatic heterocycles. The first kappa shape index (κ1) is 18.8. The summed E-state index contributed by atoms with van der Waals surface area (Å²) in [5.74, 6) is 0.107. The summed E-state index contributed by atoms with van der Waals surface area (Å²) in [5.41, 5.74) is 0.623. The molecule has 3 rings (SSSR count). The molecule has 2 aromatic carbocycles. The maximum absolute atomic E-state index is 12.7. The Morgan fingerprint density at radius 2 is 2.00 bits per heavy atom. The van der Waals surface area contributed by atoms with Gasteiger partial charge >= 0.3 is 0 Å². The summed E-state index contributed by atoms with van der Waals surface area (Å²) in [6.45, 7) is 5.14. The topological polar surface area (TPSA) is 86.7 Å². The van der Waals surface area contributed by atoms with Gasteiger partial charge in [-0.1, -0.05) is 36.5 Å². The van der Waals surface area contributed by atoms with Crippen molar-refractivity contribution in [2.75, 3.05) is 6.61 Å². The number of nitro benzene ring substituents is 1. The van der Waals surface area contributed by atoms with Gasteiger partial charge in [-0.2, -0.15) is 4.99 Å². The number of carbonyl (C=O) groups excluding carboxylic acids is 1. The van der Waals surface area contributed by atoms with E-state index in [9.17, 15) is 14.9 Å². The standard InChI is InChI=1S/C19H19N3O4S/c1-3-12-21-17-15(26-4-2)10-7-11-16(17)27-19(21)20-18(23)13-8-5-6-9-14(13)22(24)25/h5-11H,3-4,12H2,1-2H3. The third-order valence-corrected chi connectivity index (χ3v) is 4.98. The molecular formula is C19H19N3O4S. The normalized spacial score (nSPS) is 11.7. The van der Waals surface area contributed by atoms with Crippen LogP contribution in [0, 0.1) is 10.1 Å². The summed E-state index contributed by atoms with van der Waals surface area (Å²) < 4.78 is 8.62. The second kappa shape index (κ2) is 8.13. The number of ether oxygens (including phenoxy) is 1. The molecule has 0 atom stereocenters. The van der Waals surface area contributed by atoms with Crippen LogP contribution < -0.4 is 9.54 Å². The minimum absolute atomic E-state index is 0.0203. The van der Waals surface area contributed by atoms with E-state index in [2.05, 4.69) is 4.99 Å². The molecule has 0 radical (unpaired) electrons. The van der Waals surface area contributed by atoms with Gasteiger partial charge in [-0.05, 0) is 31.5 Å². The Morgan fingerprint density at radius 3 is 2.70 bits per heavy atom. The zero-order valence-corrected chi connectivity index (χ0v) is 15.9. The van der Waals surface area contributed by atoms with Crippen LogP contribution in [-0.4, -0.2) is 22.0 Å². The van der Waals surface area contributed by atoms with Crippen LogP contribution in [0.3, 0.4) is 0 Å². The van der Waals surface area contributed by atoms with Crippen molar-refractivity contribution in [2.24, 2.45) is 4.99 Å². The molecular weight excluding hydrogens is 366 g/mol. The summed E-state index contributed by atoms with van der Waals surface area (Å²) in [7, 11) is 0. The van der Waals surface area contributed by atoms with Gasteiger partial charge in [0.2, 0.25) is 0 Å². The summed E-state index contributed by atoms with van der Waals surface area (Å²) in [4.78, 5) is 28.0. The van der Waals surface area contributed by atoms with Crippen molar-refractivity contribution >= 4 is 33.1 Å². The molecule has 8 heteroatoms. The summed E-state index contributed by atoms with van der Waals surface area (Å²) in [6.07, 6.45) is 0.846. The molecule has 0 N–H and O–H groups in total. The van der Waals surface area contributed by atoms with Gasteiger partial charge in [-0.3, -0.25) is 14.9 Å². The van der Waals surface area contributed by atoms with Gasteiger partial charge in [0.25, 0.3) is 11.6 Å². The number of thiazole rings is 1. The van der Waals surface area contributed by atoms with Crippen LogP contribution in [0.25, 0.3) is 10.2 Å². The maximum atomic E-state index is 12.7. The number of nitro groups is 1. The Bertz CT molecular complexity index is 1070. The number of nitrogens with zero attached hydrogens (tertiary/aromatic N) is 3. The van der Waals surface area contributed by atoms with Gasteiger partial charge in [0.15, 0.2) is 4.80 Å². The van der Waals surface area contributed by atoms with Crippen LogP contribution >= 0.6 is 11.3 Å². The zero-order chi connectivity index (χ0) is 19.4. The highest BCUT2D eigenvalue weighted by Gasteiger charge is 2.19. The minimum Gasteiger partial charge on any atom is -0.492 e. The number of aromatic nitrogens is 1. The quantitative estimate of drug-likeness (QED) is 0.471. The number of carbonyl (C=O) groups is 1. The van der Waals surface area contributed by atoms with E-state index in [1.165, 1.54) is 29.5 Å². The van der Waals surface area contributed by atoms with Crippen LogP contribution in [0.4, 0.5) is 5.69 Å². The summed E-state index contributed by atoms with van der Waals surface area (Å²) in [6, 6.07) is 11.6. The smallest absolute Gasteiger partial charge is 0.286 e. The van der Waals surface area contributed by atoms with Crippen LogP contribution in [0.5, 0.6) is 5.75 Å². The van der Waals surface area contributed by atoms with Crippen molar-refractivity contribution in [3.05, 3.63) is 62.9 Å². The van der Waals surface area contributed by atoms with Gasteiger partial charge in [0.1, 0.15) is 16.8 Å². The average Bonchev–Trinajstić information content (AvgIpc) is 3.00. The van der Waals surface area contributed by atoms with E-state index >= 15 is 0 Å². The predicted molar refractivity (Wildman–Crippen MR) is 104 cm³/mol. The largest absolute Gasteiger partial charge is 0.492 e. The fraction of sp³-hybridized carbons (Fsp3) is 0.263. The van der Waals surface area contributed by atoms with E-state index in [0.717, 1.165) is 22.4 Å². The van der Waals surface area contributed by atoms with Gasteiger partial charge in [0.05, 0.1) is 16.2 Å². The zero-order valence-electron chi connectivity index (χ0n) is 15.0. The molecule has 0 spiro atoms. The first-order valence-corrected chi connectivity index (χ1v) is 9.46. The van der Waals surface area contributed by atoms with Gasteiger partial charge in [0, 0.05) is 12.6 Å². The third-order valence-electron chi connectivity index (χ3n) is 3.94. The van der Waals surface area contributed by atoms with Crippen LogP contribution in [0.2, 0.25) is 0 Å². The van der Waals surface area contributed by atoms with Crippen molar-refractivity contribution in [3.63, 3.8) is 0 Å². The van der Waals surface area contributed by atoms with Crippen molar-refractivity contribution < 1.29 is 14.5 Å². The molecule has 0 saturated carbocycles. The summed E-state index contributed by atoms with van der Waals surface area (Å²) in [5, 5.41) is 11.2. The second-order valence-electron chi connectivity index (χ2n) is 5.76. The number of amides is 1. The molecule has 0 saturated heterocycles. The monoisotopic (exact) mass is 385 g/mol. The van der Waals surface area contributed by atoms with E-state index < -0.39 is 10.8 Å². The molecule has 0 fully saturated rings. The highest BCUT2D eigenvalue weighted by atomic mass is 32.1. The summed E-state index contributed by atoms with van der Waals surface area (Å²) >= 11 is 1.37. The van der Waals surface area contributed by atoms with Crippen LogP contribution in [0.15, 0.2) is 47.5 Å². The van der Waals surface area contributed by atoms with Gasteiger partial charge < -0.3 is 9.30 Å². The lowest BCUT2D eigenvalue weighted by molar-refractivity contribution is -0.385. The first-order chi connectivity index (χ1) is 13.1. The number of hydrogen-bond acceptors (Lipinski definition) is 5. The molecule has 1 aromatic heterocycles. The lowest BCUT2D eigenvalue weighted by Gasteiger charge is -2.08. The van der Waals surface area contributed by atoms with Crippen molar-refractivity contribution in [1.29, 1.82) is 0 Å². The predicted octanol–water partition coefficient (Wildman–Crippen LogP) is 4.16. The first-order valence-electron chi connectivity index (χ1n) is 8.64. The Balaban J connectivity index is 2.19. The van der Waals surface area contributed by atoms with Crippen molar-refractivity contribution in [1.82, 2.24) is 4.57 Å². The number of benzene rings is 2. The molecule has 3 aromatic rings. The van der Waals surface area contributed by atoms with Gasteiger partial charge in [-0.15, -0.1) is 0 Å². The molecule has 0 aliphatic carbocycles. The highest BCUT2D eigenvalue weighted by molar-refractivity contribution is 7.16. The van der Waals surface area contributed by atoms with Crippen LogP contribution in [-0.2, 0) is 6.54 Å². The number of hydrogen-bond donors (Lipinski definition) is 0. The lowest BCUT2D eigenvalue weighted by Crippen LogP contribution is -2.17. The SMILES string of the molecule is CCCn1c(=NC(=O)c2ccccc2[N+](=O)[O-])sc2cccc(OCC)c21. The molecule has 7 nitrogen and oxygen atoms in total. The Hall–Kier alpha value is -3.00. The Kier molecular flexibility index (Phi) is 5.66. The van der Waals surface area contributed by atoms with E-state index in [1.807, 2.05) is 36.6 Å². The molecule has 140 valence electrons. The second-order valence-corrected chi connectivity index (χ2v) is 6.77. The van der Waals surface area contributed by atoms with E-state index in [0.29, 0.717) is 18.0 Å². The molecule has 27 heavy (non-hydrogen) atoms. The maximum Gasteiger partial charge on any atom is 0.286 e. The van der Waals surface area contributed by atoms with E-state index in [1.54, 1.807) is 6.07 Å². The molecule has 1 heterocycles. The molecule has 0 aliphatic rings. The van der Waals surface area contributed by atoms with E-state index in [4.69, 9.17) is 4.74 Å². The highest BCUT2D eigenvalue weighted by Crippen LogP contribution is 2.28. The van der Waals surface area contributed by atoms with Crippen LogP contribution in [0.1, 0.15) is 30.6 Å². The molecule has 0 unspecified atom stereocenters. The van der Waals surface area contributed by atoms with Crippen molar-refractivity contribution in [3.8, 4) is 5.75 Å². The number of fused-ring (bicyclic) bond motifs is 1. The fourth-order valence-electron chi connectivity index (χ4n) is 2.85. The van der Waals surface area contributed by atoms with Gasteiger partial charge in [-0.25, -0.2) is 0 Å². The number of aryl methyl sites for hydroxylation is 1. The van der Waals surface area contributed by atoms with E-state index in [-0.39, 0.29) is 11.3 Å². The third kappa shape index (κ3) is 3.75. The average molecular weight is 385 g/mol. The fourth-order valence-corrected chi connectivity index (χ4v) is 3.92. The Labute approximate surface area is 159 Å². The number of para-hydroxylation sites is 2.